The Bertz CT molecular complexity index is 411. The Morgan fingerprint density at radius 3 is 2.88 bits per heavy atom. The summed E-state index contributed by atoms with van der Waals surface area (Å²) in [6.45, 7) is 3.77. The molecule has 1 atom stereocenters. The summed E-state index contributed by atoms with van der Waals surface area (Å²) in [6.07, 6.45) is 1.26. The van der Waals surface area contributed by atoms with Crippen LogP contribution in [0.3, 0.4) is 0 Å². The third-order valence-electron chi connectivity index (χ3n) is 2.92. The Hall–Kier alpha value is -1.55. The number of carbonyl (C=O) groups excluding carboxylic acids is 1. The van der Waals surface area contributed by atoms with Crippen LogP contribution in [-0.2, 0) is 4.74 Å². The molecule has 1 heterocycles. The molecule has 1 aliphatic rings. The zero-order chi connectivity index (χ0) is 12.3. The van der Waals surface area contributed by atoms with Gasteiger partial charge in [-0.1, -0.05) is 0 Å². The van der Waals surface area contributed by atoms with Gasteiger partial charge in [-0.05, 0) is 43.7 Å². The maximum absolute atomic E-state index is 11.4. The molecule has 17 heavy (non-hydrogen) atoms. The van der Waals surface area contributed by atoms with Gasteiger partial charge in [0, 0.05) is 6.54 Å². The molecular formula is C13H17NO3. The molecule has 1 aliphatic heterocycles. The van der Waals surface area contributed by atoms with Crippen molar-refractivity contribution in [2.24, 2.45) is 0 Å². The first-order chi connectivity index (χ1) is 8.20. The SMILES string of the molecule is COC(=O)c1ccc(OC2CCNC2)cc1C. The molecule has 0 bridgehead atoms. The first kappa shape index (κ1) is 11.9. The van der Waals surface area contributed by atoms with Crippen molar-refractivity contribution in [1.29, 1.82) is 0 Å². The largest absolute Gasteiger partial charge is 0.489 e. The lowest BCUT2D eigenvalue weighted by Crippen LogP contribution is -2.19. The van der Waals surface area contributed by atoms with E-state index >= 15 is 0 Å². The summed E-state index contributed by atoms with van der Waals surface area (Å²) in [6, 6.07) is 5.45. The van der Waals surface area contributed by atoms with Crippen LogP contribution in [0.4, 0.5) is 0 Å². The normalized spacial score (nSPS) is 19.1. The van der Waals surface area contributed by atoms with Gasteiger partial charge in [-0.2, -0.15) is 0 Å². The molecule has 0 radical (unpaired) electrons. The number of aryl methyl sites for hydroxylation is 1. The van der Waals surface area contributed by atoms with Gasteiger partial charge >= 0.3 is 5.97 Å². The average molecular weight is 235 g/mol. The summed E-state index contributed by atoms with van der Waals surface area (Å²) in [5, 5.41) is 3.25. The maximum Gasteiger partial charge on any atom is 0.338 e. The Labute approximate surface area is 101 Å². The molecule has 0 aromatic heterocycles. The molecule has 0 amide bonds. The van der Waals surface area contributed by atoms with Gasteiger partial charge in [-0.25, -0.2) is 4.79 Å². The number of hydrogen-bond donors (Lipinski definition) is 1. The number of methoxy groups -OCH3 is 1. The summed E-state index contributed by atoms with van der Waals surface area (Å²) >= 11 is 0. The number of ether oxygens (including phenoxy) is 2. The minimum atomic E-state index is -0.309. The van der Waals surface area contributed by atoms with Crippen molar-refractivity contribution in [2.45, 2.75) is 19.4 Å². The van der Waals surface area contributed by atoms with Crippen molar-refractivity contribution < 1.29 is 14.3 Å². The van der Waals surface area contributed by atoms with Gasteiger partial charge < -0.3 is 14.8 Å². The monoisotopic (exact) mass is 235 g/mol. The Kier molecular flexibility index (Phi) is 3.64. The molecule has 0 saturated carbocycles. The zero-order valence-corrected chi connectivity index (χ0v) is 10.2. The minimum Gasteiger partial charge on any atom is -0.489 e. The highest BCUT2D eigenvalue weighted by Gasteiger charge is 2.16. The Morgan fingerprint density at radius 1 is 1.47 bits per heavy atom. The van der Waals surface area contributed by atoms with Crippen molar-refractivity contribution in [3.05, 3.63) is 29.3 Å². The summed E-state index contributed by atoms with van der Waals surface area (Å²) in [4.78, 5) is 11.4. The number of hydrogen-bond acceptors (Lipinski definition) is 4. The fraction of sp³-hybridized carbons (Fsp3) is 0.462. The van der Waals surface area contributed by atoms with Crippen molar-refractivity contribution in [1.82, 2.24) is 5.32 Å². The lowest BCUT2D eigenvalue weighted by Gasteiger charge is -2.13. The molecule has 4 nitrogen and oxygen atoms in total. The lowest BCUT2D eigenvalue weighted by molar-refractivity contribution is 0.0600. The smallest absolute Gasteiger partial charge is 0.338 e. The Morgan fingerprint density at radius 2 is 2.29 bits per heavy atom. The van der Waals surface area contributed by atoms with Gasteiger partial charge in [0.05, 0.1) is 12.7 Å². The van der Waals surface area contributed by atoms with Crippen LogP contribution in [0.5, 0.6) is 5.75 Å². The second kappa shape index (κ2) is 5.19. The van der Waals surface area contributed by atoms with Crippen LogP contribution in [0.2, 0.25) is 0 Å². The van der Waals surface area contributed by atoms with Gasteiger partial charge in [0.2, 0.25) is 0 Å². The molecule has 1 unspecified atom stereocenters. The molecule has 0 aliphatic carbocycles. The fourth-order valence-corrected chi connectivity index (χ4v) is 1.97. The van der Waals surface area contributed by atoms with Crippen molar-refractivity contribution >= 4 is 5.97 Å². The highest BCUT2D eigenvalue weighted by Crippen LogP contribution is 2.20. The van der Waals surface area contributed by atoms with Crippen molar-refractivity contribution in [2.75, 3.05) is 20.2 Å². The van der Waals surface area contributed by atoms with Crippen molar-refractivity contribution in [3.8, 4) is 5.75 Å². The number of carbonyl (C=O) groups is 1. The van der Waals surface area contributed by atoms with Gasteiger partial charge in [-0.3, -0.25) is 0 Å². The van der Waals surface area contributed by atoms with Crippen LogP contribution >= 0.6 is 0 Å². The summed E-state index contributed by atoms with van der Waals surface area (Å²) in [7, 11) is 1.39. The second-order valence-electron chi connectivity index (χ2n) is 4.20. The van der Waals surface area contributed by atoms with Gasteiger partial charge in [0.1, 0.15) is 11.9 Å². The van der Waals surface area contributed by atoms with Crippen LogP contribution in [0.1, 0.15) is 22.3 Å². The number of esters is 1. The third-order valence-corrected chi connectivity index (χ3v) is 2.92. The van der Waals surface area contributed by atoms with E-state index in [0.717, 1.165) is 30.8 Å². The third kappa shape index (κ3) is 2.77. The molecule has 4 heteroatoms. The van der Waals surface area contributed by atoms with E-state index in [4.69, 9.17) is 9.47 Å². The molecule has 1 aromatic rings. The van der Waals surface area contributed by atoms with Gasteiger partial charge in [0.15, 0.2) is 0 Å². The molecule has 92 valence electrons. The van der Waals surface area contributed by atoms with E-state index in [1.165, 1.54) is 7.11 Å². The molecule has 2 rings (SSSR count). The van der Waals surface area contributed by atoms with Gasteiger partial charge in [0.25, 0.3) is 0 Å². The van der Waals surface area contributed by atoms with E-state index in [2.05, 4.69) is 5.32 Å². The molecule has 1 saturated heterocycles. The lowest BCUT2D eigenvalue weighted by atomic mass is 10.1. The van der Waals surface area contributed by atoms with Crippen LogP contribution < -0.4 is 10.1 Å². The number of nitrogens with one attached hydrogen (secondary N) is 1. The van der Waals surface area contributed by atoms with E-state index in [-0.39, 0.29) is 12.1 Å². The predicted octanol–water partition coefficient (Wildman–Crippen LogP) is 1.52. The predicted molar refractivity (Wildman–Crippen MR) is 64.4 cm³/mol. The zero-order valence-electron chi connectivity index (χ0n) is 10.2. The minimum absolute atomic E-state index is 0.235. The first-order valence-electron chi connectivity index (χ1n) is 5.77. The van der Waals surface area contributed by atoms with E-state index in [9.17, 15) is 4.79 Å². The van der Waals surface area contributed by atoms with E-state index in [0.29, 0.717) is 5.56 Å². The van der Waals surface area contributed by atoms with E-state index in [1.807, 2.05) is 19.1 Å². The van der Waals surface area contributed by atoms with Crippen LogP contribution in [-0.4, -0.2) is 32.3 Å². The topological polar surface area (TPSA) is 47.6 Å². The van der Waals surface area contributed by atoms with E-state index < -0.39 is 0 Å². The highest BCUT2D eigenvalue weighted by atomic mass is 16.5. The molecule has 1 N–H and O–H groups in total. The molecule has 0 spiro atoms. The molecule has 1 fully saturated rings. The average Bonchev–Trinajstić information content (AvgIpc) is 2.81. The molecular weight excluding hydrogens is 218 g/mol. The quantitative estimate of drug-likeness (QED) is 0.807. The van der Waals surface area contributed by atoms with Crippen LogP contribution in [0, 0.1) is 6.92 Å². The van der Waals surface area contributed by atoms with E-state index in [1.54, 1.807) is 6.07 Å². The van der Waals surface area contributed by atoms with Crippen LogP contribution in [0.25, 0.3) is 0 Å². The fourth-order valence-electron chi connectivity index (χ4n) is 1.97. The van der Waals surface area contributed by atoms with Crippen LogP contribution in [0.15, 0.2) is 18.2 Å². The second-order valence-corrected chi connectivity index (χ2v) is 4.20. The summed E-state index contributed by atoms with van der Waals surface area (Å²) in [5.74, 6) is 0.500. The Balaban J connectivity index is 2.10. The van der Waals surface area contributed by atoms with Gasteiger partial charge in [-0.15, -0.1) is 0 Å². The summed E-state index contributed by atoms with van der Waals surface area (Å²) in [5.41, 5.74) is 1.46. The van der Waals surface area contributed by atoms with Crippen molar-refractivity contribution in [3.63, 3.8) is 0 Å². The summed E-state index contributed by atoms with van der Waals surface area (Å²) < 4.78 is 10.5. The number of benzene rings is 1. The highest BCUT2D eigenvalue weighted by molar-refractivity contribution is 5.91. The standard InChI is InChI=1S/C13H17NO3/c1-9-7-10(17-11-5-6-14-8-11)3-4-12(9)13(15)16-2/h3-4,7,11,14H,5-6,8H2,1-2H3. The maximum atomic E-state index is 11.4. The first-order valence-corrected chi connectivity index (χ1v) is 5.77. The number of rotatable bonds is 3. The molecule has 1 aromatic carbocycles.